The van der Waals surface area contributed by atoms with Gasteiger partial charge in [0.1, 0.15) is 11.2 Å². The van der Waals surface area contributed by atoms with Gasteiger partial charge in [-0.05, 0) is 66.6 Å². The fourth-order valence-corrected chi connectivity index (χ4v) is 9.01. The SMILES string of the molecule is [2H]c1c([2H])c([2H])c2c(-c3cccc4oc5c6c(ccc5c34)C(C)(C)c3ccccc3-6)c3ccc([Si](C)(C)C)cc3c(-c3ccccc3)c2c1[2H]. The molecule has 222 valence electrons. The van der Waals surface area contributed by atoms with Crippen LogP contribution >= 0.6 is 0 Å². The van der Waals surface area contributed by atoms with E-state index in [-0.39, 0.29) is 29.6 Å². The molecule has 1 nitrogen and oxygen atoms in total. The van der Waals surface area contributed by atoms with Gasteiger partial charge >= 0.3 is 0 Å². The molecule has 7 aromatic carbocycles. The first kappa shape index (κ1) is 23.4. The van der Waals surface area contributed by atoms with Crippen molar-refractivity contribution >= 4 is 56.7 Å². The summed E-state index contributed by atoms with van der Waals surface area (Å²) in [6.45, 7) is 11.5. The van der Waals surface area contributed by atoms with E-state index < -0.39 is 8.07 Å². The van der Waals surface area contributed by atoms with Crippen molar-refractivity contribution in [2.45, 2.75) is 38.9 Å². The quantitative estimate of drug-likeness (QED) is 0.143. The molecule has 0 N–H and O–H groups in total. The average molecular weight is 613 g/mol. The molecular weight excluding hydrogens is 573 g/mol. The van der Waals surface area contributed by atoms with E-state index >= 15 is 0 Å². The Labute approximate surface area is 276 Å². The Morgan fingerprint density at radius 1 is 0.587 bits per heavy atom. The number of rotatable bonds is 3. The van der Waals surface area contributed by atoms with Crippen LogP contribution in [0.4, 0.5) is 0 Å². The summed E-state index contributed by atoms with van der Waals surface area (Å²) in [5.41, 5.74) is 9.73. The molecule has 0 fully saturated rings. The smallest absolute Gasteiger partial charge is 0.143 e. The van der Waals surface area contributed by atoms with Gasteiger partial charge in [0.2, 0.25) is 0 Å². The van der Waals surface area contributed by atoms with Crippen LogP contribution in [0, 0.1) is 0 Å². The second kappa shape index (κ2) is 9.54. The van der Waals surface area contributed by atoms with E-state index in [0.717, 1.165) is 60.5 Å². The van der Waals surface area contributed by atoms with E-state index in [9.17, 15) is 2.74 Å². The molecule has 0 aliphatic heterocycles. The third kappa shape index (κ3) is 3.74. The van der Waals surface area contributed by atoms with Gasteiger partial charge in [-0.3, -0.25) is 0 Å². The average Bonchev–Trinajstić information content (AvgIpc) is 3.61. The Morgan fingerprint density at radius 3 is 2.07 bits per heavy atom. The number of fused-ring (bicyclic) bond motifs is 9. The predicted octanol–water partition coefficient (Wildman–Crippen LogP) is 12.1. The lowest BCUT2D eigenvalue weighted by molar-refractivity contribution is 0.653. The minimum Gasteiger partial charge on any atom is -0.455 e. The Morgan fingerprint density at radius 2 is 1.28 bits per heavy atom. The van der Waals surface area contributed by atoms with E-state index in [4.69, 9.17) is 7.16 Å². The summed E-state index contributed by atoms with van der Waals surface area (Å²) in [5.74, 6) is 0. The van der Waals surface area contributed by atoms with Crippen molar-refractivity contribution in [3.8, 4) is 33.4 Å². The van der Waals surface area contributed by atoms with Crippen molar-refractivity contribution in [3.63, 3.8) is 0 Å². The summed E-state index contributed by atoms with van der Waals surface area (Å²) in [5, 5.41) is 6.25. The molecule has 0 unspecified atom stereocenters. The van der Waals surface area contributed by atoms with Gasteiger partial charge in [0.15, 0.2) is 0 Å². The fourth-order valence-electron chi connectivity index (χ4n) is 7.85. The molecule has 1 aliphatic rings. The molecule has 0 bridgehead atoms. The van der Waals surface area contributed by atoms with E-state index in [1.165, 1.54) is 21.9 Å². The van der Waals surface area contributed by atoms with Crippen molar-refractivity contribution in [2.24, 2.45) is 0 Å². The molecule has 9 rings (SSSR count). The molecule has 0 spiro atoms. The topological polar surface area (TPSA) is 13.1 Å². The van der Waals surface area contributed by atoms with Crippen LogP contribution in [-0.2, 0) is 5.41 Å². The van der Waals surface area contributed by atoms with E-state index in [1.54, 1.807) is 0 Å². The fraction of sp³-hybridized carbons (Fsp3) is 0.136. The maximum Gasteiger partial charge on any atom is 0.143 e. The van der Waals surface area contributed by atoms with Crippen LogP contribution < -0.4 is 5.19 Å². The van der Waals surface area contributed by atoms with Crippen molar-refractivity contribution in [1.29, 1.82) is 0 Å². The highest BCUT2D eigenvalue weighted by molar-refractivity contribution is 6.88. The van der Waals surface area contributed by atoms with Crippen molar-refractivity contribution in [1.82, 2.24) is 0 Å². The standard InChI is InChI=1S/C44H36OSi/c1-44(2)36-20-12-11-18-32(36)42-37(44)25-24-34-41-33(19-13-21-38(41)45-43(34)42)40-30-17-10-9-16-29(30)39(27-14-7-6-8-15-27)35-26-28(46(3,4)5)22-23-31(35)40/h6-26H,1-5H3/i9D,10D,16D,17D. The molecule has 0 saturated heterocycles. The van der Waals surface area contributed by atoms with Crippen molar-refractivity contribution in [3.05, 3.63) is 138 Å². The molecule has 46 heavy (non-hydrogen) atoms. The van der Waals surface area contributed by atoms with Crippen LogP contribution in [-0.4, -0.2) is 8.07 Å². The molecule has 0 amide bonds. The molecule has 8 aromatic rings. The van der Waals surface area contributed by atoms with Crippen LogP contribution in [0.3, 0.4) is 0 Å². The predicted molar refractivity (Wildman–Crippen MR) is 200 cm³/mol. The molecule has 0 atom stereocenters. The first-order chi connectivity index (χ1) is 23.9. The third-order valence-corrected chi connectivity index (χ3v) is 12.2. The summed E-state index contributed by atoms with van der Waals surface area (Å²) in [4.78, 5) is 0. The number of furan rings is 1. The van der Waals surface area contributed by atoms with Gasteiger partial charge < -0.3 is 4.42 Å². The molecule has 1 aliphatic carbocycles. The summed E-state index contributed by atoms with van der Waals surface area (Å²) < 4.78 is 43.4. The highest BCUT2D eigenvalue weighted by Crippen LogP contribution is 2.54. The first-order valence-electron chi connectivity index (χ1n) is 18.0. The minimum absolute atomic E-state index is 0.0257. The van der Waals surface area contributed by atoms with Crippen molar-refractivity contribution < 1.29 is 9.90 Å². The van der Waals surface area contributed by atoms with E-state index in [1.807, 2.05) is 42.5 Å². The van der Waals surface area contributed by atoms with Gasteiger partial charge in [-0.2, -0.15) is 0 Å². The highest BCUT2D eigenvalue weighted by atomic mass is 28.3. The van der Waals surface area contributed by atoms with E-state index in [2.05, 4.69) is 94.2 Å². The highest BCUT2D eigenvalue weighted by Gasteiger charge is 2.37. The second-order valence-electron chi connectivity index (χ2n) is 14.2. The van der Waals surface area contributed by atoms with Crippen LogP contribution in [0.25, 0.3) is 76.9 Å². The minimum atomic E-state index is -1.77. The second-order valence-corrected chi connectivity index (χ2v) is 19.3. The van der Waals surface area contributed by atoms with Gasteiger partial charge in [-0.1, -0.05) is 160 Å². The van der Waals surface area contributed by atoms with Crippen LogP contribution in [0.5, 0.6) is 0 Å². The van der Waals surface area contributed by atoms with Crippen LogP contribution in [0.1, 0.15) is 30.5 Å². The molecule has 0 saturated carbocycles. The molecular formula is C44H36OSi. The van der Waals surface area contributed by atoms with Gasteiger partial charge in [-0.25, -0.2) is 0 Å². The molecule has 1 heterocycles. The maximum absolute atomic E-state index is 9.44. The number of benzene rings is 7. The molecule has 1 aromatic heterocycles. The van der Waals surface area contributed by atoms with Crippen LogP contribution in [0.15, 0.2) is 132 Å². The van der Waals surface area contributed by atoms with Gasteiger partial charge in [0, 0.05) is 21.8 Å². The Kier molecular flexibility index (Phi) is 4.86. The van der Waals surface area contributed by atoms with E-state index in [0.29, 0.717) is 10.8 Å². The van der Waals surface area contributed by atoms with Crippen molar-refractivity contribution in [2.75, 3.05) is 0 Å². The number of hydrogen-bond acceptors (Lipinski definition) is 1. The van der Waals surface area contributed by atoms with Gasteiger partial charge in [0.25, 0.3) is 0 Å². The maximum atomic E-state index is 9.44. The summed E-state index contributed by atoms with van der Waals surface area (Å²) >= 11 is 0. The summed E-state index contributed by atoms with van der Waals surface area (Å²) in [6.07, 6.45) is 0. The molecule has 0 radical (unpaired) electrons. The summed E-state index contributed by atoms with van der Waals surface area (Å²) in [6, 6.07) is 35.3. The van der Waals surface area contributed by atoms with Crippen LogP contribution in [0.2, 0.25) is 19.6 Å². The normalized spacial score (nSPS) is 15.2. The first-order valence-corrected chi connectivity index (χ1v) is 19.5. The lowest BCUT2D eigenvalue weighted by Gasteiger charge is -2.22. The lowest BCUT2D eigenvalue weighted by Crippen LogP contribution is -2.37. The Hall–Kier alpha value is -4.92. The zero-order valence-corrected chi connectivity index (χ0v) is 27.7. The Bertz CT molecular complexity index is 2750. The zero-order chi connectivity index (χ0) is 34.9. The largest absolute Gasteiger partial charge is 0.455 e. The third-order valence-electron chi connectivity index (χ3n) is 10.2. The lowest BCUT2D eigenvalue weighted by atomic mass is 9.82. The van der Waals surface area contributed by atoms with Gasteiger partial charge in [-0.15, -0.1) is 0 Å². The molecule has 2 heteroatoms. The van der Waals surface area contributed by atoms with Gasteiger partial charge in [0.05, 0.1) is 13.6 Å². The monoisotopic (exact) mass is 612 g/mol. The Balaban J connectivity index is 1.50. The zero-order valence-electron chi connectivity index (χ0n) is 30.7. The summed E-state index contributed by atoms with van der Waals surface area (Å²) in [7, 11) is -1.77. The number of hydrogen-bond donors (Lipinski definition) is 0.